The second-order valence-electron chi connectivity index (χ2n) is 8.14. The summed E-state index contributed by atoms with van der Waals surface area (Å²) in [6.07, 6.45) is -14.8. The molecule has 0 bridgehead atoms. The number of hydrogen-bond donors (Lipinski definition) is 2. The number of amides is 1. The molecule has 0 spiro atoms. The lowest BCUT2D eigenvalue weighted by Crippen LogP contribution is -2.48. The molecule has 0 saturated carbocycles. The van der Waals surface area contributed by atoms with Gasteiger partial charge in [0.1, 0.15) is 0 Å². The normalized spacial score (nSPS) is 13.0. The van der Waals surface area contributed by atoms with Crippen molar-refractivity contribution >= 4 is 52.1 Å². The van der Waals surface area contributed by atoms with E-state index < -0.39 is 70.6 Å². The topological polar surface area (TPSA) is 119 Å². The van der Waals surface area contributed by atoms with Gasteiger partial charge in [-0.1, -0.05) is 12.1 Å². The number of nitrogens with one attached hydrogen (secondary N) is 1. The maximum absolute atomic E-state index is 13.1. The molecule has 0 heterocycles. The summed E-state index contributed by atoms with van der Waals surface area (Å²) in [5.74, 6) is -6.62. The van der Waals surface area contributed by atoms with Crippen molar-refractivity contribution in [1.82, 2.24) is 0 Å². The van der Waals surface area contributed by atoms with Crippen molar-refractivity contribution in [1.29, 1.82) is 0 Å². The molecule has 0 aromatic heterocycles. The average Bonchev–Trinajstić information content (AvgIpc) is 2.90. The number of esters is 2. The molecule has 0 aliphatic heterocycles. The second-order valence-corrected chi connectivity index (χ2v) is 9.39. The minimum atomic E-state index is -4.86. The van der Waals surface area contributed by atoms with E-state index in [9.17, 15) is 50.6 Å². The van der Waals surface area contributed by atoms with Crippen LogP contribution in [0.15, 0.2) is 72.8 Å². The minimum absolute atomic E-state index is 0.0730. The molecule has 3 rings (SSSR count). The molecule has 3 aromatic rings. The Morgan fingerprint density at radius 3 is 1.56 bits per heavy atom. The van der Waals surface area contributed by atoms with E-state index in [0.717, 1.165) is 27.8 Å². The van der Waals surface area contributed by atoms with Gasteiger partial charge in [-0.15, -0.1) is 0 Å². The molecule has 8 nitrogen and oxygen atoms in total. The number of alkyl halides is 6. The molecule has 3 aromatic carbocycles. The Hall–Kier alpha value is -4.15. The summed E-state index contributed by atoms with van der Waals surface area (Å²) in [5, 5.41) is 12.0. The van der Waals surface area contributed by atoms with Crippen molar-refractivity contribution in [2.45, 2.75) is 24.6 Å². The summed E-state index contributed by atoms with van der Waals surface area (Å²) >= 11 is 1.95. The van der Waals surface area contributed by atoms with E-state index in [2.05, 4.69) is 5.32 Å². The van der Waals surface area contributed by atoms with Gasteiger partial charge in [-0.25, -0.2) is 14.4 Å². The highest BCUT2D eigenvalue weighted by Gasteiger charge is 2.42. The van der Waals surface area contributed by atoms with Crippen LogP contribution in [0.2, 0.25) is 0 Å². The molecule has 216 valence electrons. The quantitative estimate of drug-likeness (QED) is 0.174. The van der Waals surface area contributed by atoms with Crippen LogP contribution < -0.4 is 5.32 Å². The van der Waals surface area contributed by atoms with Gasteiger partial charge in [0.05, 0.1) is 22.3 Å². The van der Waals surface area contributed by atoms with E-state index in [0.29, 0.717) is 24.3 Å². The van der Waals surface area contributed by atoms with Gasteiger partial charge in [-0.3, -0.25) is 4.79 Å². The summed E-state index contributed by atoms with van der Waals surface area (Å²) in [6.45, 7) is 0. The molecule has 0 aliphatic rings. The number of carboxylic acids is 1. The Labute approximate surface area is 240 Å². The summed E-state index contributed by atoms with van der Waals surface area (Å²) in [6, 6.07) is 11.4. The van der Waals surface area contributed by atoms with Gasteiger partial charge in [0.15, 0.2) is 0 Å². The van der Waals surface area contributed by atoms with E-state index in [-0.39, 0.29) is 5.69 Å². The van der Waals surface area contributed by atoms with Crippen molar-refractivity contribution < 1.29 is 60.1 Å². The molecular weight excluding hydrogens is 679 g/mol. The fourth-order valence-electron chi connectivity index (χ4n) is 3.25. The summed E-state index contributed by atoms with van der Waals surface area (Å²) in [4.78, 5) is 50.5. The van der Waals surface area contributed by atoms with Crippen LogP contribution in [0.3, 0.4) is 0 Å². The lowest BCUT2D eigenvalue weighted by molar-refractivity contribution is -0.157. The number of carbonyl (C=O) groups is 4. The lowest BCUT2D eigenvalue weighted by Gasteiger charge is -2.24. The first-order valence-corrected chi connectivity index (χ1v) is 12.2. The van der Waals surface area contributed by atoms with E-state index in [1.807, 2.05) is 22.6 Å². The summed E-state index contributed by atoms with van der Waals surface area (Å²) in [5.41, 5.74) is -3.91. The third-order valence-corrected chi connectivity index (χ3v) is 5.93. The Kier molecular flexibility index (Phi) is 9.62. The van der Waals surface area contributed by atoms with Crippen molar-refractivity contribution in [2.24, 2.45) is 0 Å². The Morgan fingerprint density at radius 1 is 0.707 bits per heavy atom. The first-order chi connectivity index (χ1) is 19.1. The third kappa shape index (κ3) is 8.42. The van der Waals surface area contributed by atoms with Crippen LogP contribution in [0, 0.1) is 3.57 Å². The Balaban J connectivity index is 1.96. The van der Waals surface area contributed by atoms with E-state index in [1.54, 1.807) is 12.1 Å². The maximum Gasteiger partial charge on any atom is 0.416 e. The molecule has 0 radical (unpaired) electrons. The zero-order valence-corrected chi connectivity index (χ0v) is 22.3. The summed E-state index contributed by atoms with van der Waals surface area (Å²) < 4.78 is 89.0. The zero-order chi connectivity index (χ0) is 30.5. The van der Waals surface area contributed by atoms with Crippen LogP contribution in [0.1, 0.15) is 31.8 Å². The highest BCUT2D eigenvalue weighted by Crippen LogP contribution is 2.31. The van der Waals surface area contributed by atoms with Crippen LogP contribution in [-0.2, 0) is 31.4 Å². The fraction of sp³-hybridized carbons (Fsp3) is 0.154. The lowest BCUT2D eigenvalue weighted by atomic mass is 10.1. The maximum atomic E-state index is 13.1. The molecule has 41 heavy (non-hydrogen) atoms. The molecule has 2 atom stereocenters. The first kappa shape index (κ1) is 31.4. The standard InChI is InChI=1S/C26H16F6INO7/c27-25(28,29)15-5-1-3-13(11-15)23(38)40-19(21(35)34-18-9-7-17(33)8-10-18)20(22(36)37)41-24(39)14-4-2-6-16(12-14)26(30,31)32/h1-12,19-20H,(H,34,35)(H,36,37)/t19-,20-/m0/s1. The van der Waals surface area contributed by atoms with Gasteiger partial charge >= 0.3 is 30.3 Å². The highest BCUT2D eigenvalue weighted by molar-refractivity contribution is 14.1. The predicted octanol–water partition coefficient (Wildman–Crippen LogP) is 5.80. The molecule has 0 saturated heterocycles. The SMILES string of the molecule is O=C(O[C@H](C(=O)O)[C@H](OC(=O)c1cccc(C(F)(F)F)c1)C(=O)Nc1ccc(I)cc1)c1cccc(C(F)(F)F)c1. The number of ether oxygens (including phenoxy) is 2. The average molecular weight is 695 g/mol. The van der Waals surface area contributed by atoms with Crippen molar-refractivity contribution in [3.8, 4) is 0 Å². The molecule has 0 unspecified atom stereocenters. The largest absolute Gasteiger partial charge is 0.478 e. The number of rotatable bonds is 8. The van der Waals surface area contributed by atoms with Gasteiger partial charge in [-0.2, -0.15) is 26.3 Å². The number of carbonyl (C=O) groups excluding carboxylic acids is 3. The van der Waals surface area contributed by atoms with Crippen LogP contribution in [0.25, 0.3) is 0 Å². The minimum Gasteiger partial charge on any atom is -0.478 e. The molecule has 0 aliphatic carbocycles. The summed E-state index contributed by atoms with van der Waals surface area (Å²) in [7, 11) is 0. The van der Waals surface area contributed by atoms with E-state index in [1.165, 1.54) is 12.1 Å². The van der Waals surface area contributed by atoms with Crippen molar-refractivity contribution in [2.75, 3.05) is 5.32 Å². The van der Waals surface area contributed by atoms with Crippen LogP contribution in [0.4, 0.5) is 32.0 Å². The smallest absolute Gasteiger partial charge is 0.416 e. The molecule has 15 heteroatoms. The van der Waals surface area contributed by atoms with Gasteiger partial charge < -0.3 is 19.9 Å². The van der Waals surface area contributed by atoms with Crippen LogP contribution in [0.5, 0.6) is 0 Å². The van der Waals surface area contributed by atoms with Gasteiger partial charge in [-0.05, 0) is 83.3 Å². The van der Waals surface area contributed by atoms with E-state index in [4.69, 9.17) is 9.47 Å². The first-order valence-electron chi connectivity index (χ1n) is 11.1. The van der Waals surface area contributed by atoms with Crippen molar-refractivity contribution in [3.05, 3.63) is 98.6 Å². The number of carboxylic acid groups (broad SMARTS) is 1. The Bertz CT molecular complexity index is 1460. The van der Waals surface area contributed by atoms with Crippen LogP contribution in [-0.4, -0.2) is 41.1 Å². The molecule has 0 fully saturated rings. The molecule has 1 amide bonds. The van der Waals surface area contributed by atoms with Crippen LogP contribution >= 0.6 is 22.6 Å². The highest BCUT2D eigenvalue weighted by atomic mass is 127. The number of hydrogen-bond acceptors (Lipinski definition) is 6. The number of benzene rings is 3. The third-order valence-electron chi connectivity index (χ3n) is 5.21. The second kappa shape index (κ2) is 12.6. The number of anilines is 1. The van der Waals surface area contributed by atoms with Gasteiger partial charge in [0.2, 0.25) is 12.2 Å². The zero-order valence-electron chi connectivity index (χ0n) is 20.1. The Morgan fingerprint density at radius 2 is 1.15 bits per heavy atom. The predicted molar refractivity (Wildman–Crippen MR) is 137 cm³/mol. The van der Waals surface area contributed by atoms with Crippen molar-refractivity contribution in [3.63, 3.8) is 0 Å². The fourth-order valence-corrected chi connectivity index (χ4v) is 3.61. The van der Waals surface area contributed by atoms with Gasteiger partial charge in [0.25, 0.3) is 5.91 Å². The number of halogens is 7. The van der Waals surface area contributed by atoms with Gasteiger partial charge in [0, 0.05) is 9.26 Å². The molecular formula is C26H16F6INO7. The monoisotopic (exact) mass is 695 g/mol. The van der Waals surface area contributed by atoms with E-state index >= 15 is 0 Å². The molecule has 2 N–H and O–H groups in total. The number of aliphatic carboxylic acids is 1.